The van der Waals surface area contributed by atoms with Gasteiger partial charge in [-0.05, 0) is 55.2 Å². The smallest absolute Gasteiger partial charge is 0.142 e. The van der Waals surface area contributed by atoms with Gasteiger partial charge in [-0.2, -0.15) is 0 Å². The van der Waals surface area contributed by atoms with E-state index in [9.17, 15) is 8.78 Å². The summed E-state index contributed by atoms with van der Waals surface area (Å²) < 4.78 is 37.5. The van der Waals surface area contributed by atoms with Gasteiger partial charge in [-0.3, -0.25) is 0 Å². The summed E-state index contributed by atoms with van der Waals surface area (Å²) in [5, 5.41) is 0. The molecule has 0 unspecified atom stereocenters. The Morgan fingerprint density at radius 3 is 2.56 bits per heavy atom. The van der Waals surface area contributed by atoms with E-state index in [0.29, 0.717) is 24.7 Å². The average Bonchev–Trinajstić information content (AvgIpc) is 2.59. The van der Waals surface area contributed by atoms with E-state index in [2.05, 4.69) is 6.92 Å². The second-order valence-corrected chi connectivity index (χ2v) is 5.97. The molecule has 0 aliphatic rings. The molecule has 0 saturated carbocycles. The van der Waals surface area contributed by atoms with Crippen molar-refractivity contribution < 1.29 is 18.3 Å². The minimum atomic E-state index is -0.462. The van der Waals surface area contributed by atoms with Crippen LogP contribution in [0.3, 0.4) is 0 Å². The number of halogens is 2. The average molecular weight is 349 g/mol. The Balaban J connectivity index is 1.63. The van der Waals surface area contributed by atoms with E-state index in [-0.39, 0.29) is 12.2 Å². The van der Waals surface area contributed by atoms with E-state index < -0.39 is 11.6 Å². The van der Waals surface area contributed by atoms with Crippen LogP contribution in [0.15, 0.2) is 36.4 Å². The Labute approximate surface area is 147 Å². The minimum absolute atomic E-state index is 0.0658. The monoisotopic (exact) mass is 349 g/mol. The van der Waals surface area contributed by atoms with Crippen LogP contribution in [0.2, 0.25) is 0 Å². The number of unbranched alkanes of at least 4 members (excludes halogenated alkanes) is 1. The first-order valence-electron chi connectivity index (χ1n) is 8.63. The van der Waals surface area contributed by atoms with Gasteiger partial charge in [-0.15, -0.1) is 0 Å². The Hall–Kier alpha value is -2.14. The van der Waals surface area contributed by atoms with Crippen molar-refractivity contribution in [2.24, 2.45) is 0 Å². The highest BCUT2D eigenvalue weighted by Crippen LogP contribution is 2.23. The molecule has 3 nitrogen and oxygen atoms in total. The molecule has 2 aromatic carbocycles. The molecule has 0 heterocycles. The summed E-state index contributed by atoms with van der Waals surface area (Å²) >= 11 is 0. The highest BCUT2D eigenvalue weighted by molar-refractivity contribution is 5.54. The zero-order valence-electron chi connectivity index (χ0n) is 14.6. The van der Waals surface area contributed by atoms with Gasteiger partial charge in [-0.25, -0.2) is 8.78 Å². The van der Waals surface area contributed by atoms with Gasteiger partial charge in [0.15, 0.2) is 0 Å². The first kappa shape index (κ1) is 19.2. The van der Waals surface area contributed by atoms with Crippen LogP contribution in [-0.4, -0.2) is 13.2 Å². The highest BCUT2D eigenvalue weighted by Gasteiger charge is 2.04. The maximum atomic E-state index is 13.4. The van der Waals surface area contributed by atoms with Gasteiger partial charge in [0.25, 0.3) is 0 Å². The van der Waals surface area contributed by atoms with Gasteiger partial charge in [0.05, 0.1) is 18.9 Å². The molecule has 2 rings (SSSR count). The minimum Gasteiger partial charge on any atom is -0.491 e. The Morgan fingerprint density at radius 1 is 1.00 bits per heavy atom. The van der Waals surface area contributed by atoms with Gasteiger partial charge in [0.1, 0.15) is 17.4 Å². The molecular formula is C20H25F2NO2. The van der Waals surface area contributed by atoms with Crippen LogP contribution in [0.5, 0.6) is 5.75 Å². The Bertz CT molecular complexity index is 677. The zero-order valence-corrected chi connectivity index (χ0v) is 14.6. The van der Waals surface area contributed by atoms with Crippen molar-refractivity contribution in [2.75, 3.05) is 18.9 Å². The van der Waals surface area contributed by atoms with Crippen molar-refractivity contribution in [1.29, 1.82) is 0 Å². The molecule has 0 aliphatic carbocycles. The molecule has 0 fully saturated rings. The highest BCUT2D eigenvalue weighted by atomic mass is 19.1. The van der Waals surface area contributed by atoms with E-state index >= 15 is 0 Å². The number of ether oxygens (including phenoxy) is 2. The van der Waals surface area contributed by atoms with E-state index in [1.807, 2.05) is 18.2 Å². The fraction of sp³-hybridized carbons (Fsp3) is 0.400. The number of anilines is 1. The molecule has 2 aromatic rings. The first-order valence-corrected chi connectivity index (χ1v) is 8.63. The van der Waals surface area contributed by atoms with Gasteiger partial charge in [0, 0.05) is 12.2 Å². The predicted molar refractivity (Wildman–Crippen MR) is 95.6 cm³/mol. The van der Waals surface area contributed by atoms with E-state index in [4.69, 9.17) is 15.2 Å². The first-order chi connectivity index (χ1) is 12.1. The largest absolute Gasteiger partial charge is 0.491 e. The van der Waals surface area contributed by atoms with Crippen molar-refractivity contribution in [3.05, 3.63) is 59.2 Å². The van der Waals surface area contributed by atoms with Crippen LogP contribution < -0.4 is 10.5 Å². The molecule has 0 spiro atoms. The van der Waals surface area contributed by atoms with Gasteiger partial charge < -0.3 is 15.2 Å². The van der Waals surface area contributed by atoms with E-state index in [1.165, 1.54) is 5.56 Å². The molecule has 0 aliphatic heterocycles. The summed E-state index contributed by atoms with van der Waals surface area (Å²) in [4.78, 5) is 0. The lowest BCUT2D eigenvalue weighted by Crippen LogP contribution is -2.04. The standard InChI is InChI=1S/C20H25F2NO2/c1-2-5-15-6-9-20(19(23)12-15)25-11-4-3-10-24-14-16-13-17(21)7-8-18(16)22/h6-9,12-13H,2-5,10-11,14,23H2,1H3. The fourth-order valence-corrected chi connectivity index (χ4v) is 2.50. The quantitative estimate of drug-likeness (QED) is 0.491. The van der Waals surface area contributed by atoms with Crippen LogP contribution in [-0.2, 0) is 17.8 Å². The maximum absolute atomic E-state index is 13.4. The third kappa shape index (κ3) is 6.35. The second-order valence-electron chi connectivity index (χ2n) is 5.97. The van der Waals surface area contributed by atoms with Crippen molar-refractivity contribution in [3.8, 4) is 5.75 Å². The lowest BCUT2D eigenvalue weighted by atomic mass is 10.1. The Kier molecular flexibility index (Phi) is 7.67. The molecule has 5 heteroatoms. The maximum Gasteiger partial charge on any atom is 0.142 e. The van der Waals surface area contributed by atoms with Gasteiger partial charge in [0.2, 0.25) is 0 Å². The second kappa shape index (κ2) is 9.99. The SMILES string of the molecule is CCCc1ccc(OCCCCOCc2cc(F)ccc2F)c(N)c1. The molecule has 0 bridgehead atoms. The van der Waals surface area contributed by atoms with Crippen LogP contribution in [0.25, 0.3) is 0 Å². The Morgan fingerprint density at radius 2 is 1.80 bits per heavy atom. The molecule has 0 aromatic heterocycles. The topological polar surface area (TPSA) is 44.5 Å². The third-order valence-electron chi connectivity index (χ3n) is 3.82. The van der Waals surface area contributed by atoms with Crippen LogP contribution >= 0.6 is 0 Å². The summed E-state index contributed by atoms with van der Waals surface area (Å²) in [5.41, 5.74) is 8.09. The molecule has 0 atom stereocenters. The lowest BCUT2D eigenvalue weighted by molar-refractivity contribution is 0.111. The van der Waals surface area contributed by atoms with Gasteiger partial charge in [-0.1, -0.05) is 19.4 Å². The number of nitrogen functional groups attached to an aromatic ring is 1. The zero-order chi connectivity index (χ0) is 18.1. The van der Waals surface area contributed by atoms with Crippen molar-refractivity contribution in [1.82, 2.24) is 0 Å². The number of rotatable bonds is 10. The number of hydrogen-bond donors (Lipinski definition) is 1. The van der Waals surface area contributed by atoms with Crippen molar-refractivity contribution in [3.63, 3.8) is 0 Å². The summed E-state index contributed by atoms with van der Waals surface area (Å²) in [7, 11) is 0. The van der Waals surface area contributed by atoms with E-state index in [0.717, 1.165) is 43.9 Å². The van der Waals surface area contributed by atoms with Crippen LogP contribution in [0, 0.1) is 11.6 Å². The molecule has 0 radical (unpaired) electrons. The fourth-order valence-electron chi connectivity index (χ4n) is 2.50. The lowest BCUT2D eigenvalue weighted by Gasteiger charge is -2.10. The van der Waals surface area contributed by atoms with Crippen molar-refractivity contribution >= 4 is 5.69 Å². The molecule has 2 N–H and O–H groups in total. The third-order valence-corrected chi connectivity index (χ3v) is 3.82. The van der Waals surface area contributed by atoms with E-state index in [1.54, 1.807) is 0 Å². The molecular weight excluding hydrogens is 324 g/mol. The summed E-state index contributed by atoms with van der Waals surface area (Å²) in [6, 6.07) is 9.25. The molecule has 0 saturated heterocycles. The molecule has 0 amide bonds. The number of benzene rings is 2. The summed E-state index contributed by atoms with van der Waals surface area (Å²) in [5.74, 6) is -0.217. The predicted octanol–water partition coefficient (Wildman–Crippen LogP) is 4.88. The number of nitrogens with two attached hydrogens (primary N) is 1. The normalized spacial score (nSPS) is 10.8. The number of aryl methyl sites for hydroxylation is 1. The van der Waals surface area contributed by atoms with Crippen molar-refractivity contribution in [2.45, 2.75) is 39.2 Å². The summed E-state index contributed by atoms with van der Waals surface area (Å²) in [6.45, 7) is 3.20. The van der Waals surface area contributed by atoms with Crippen LogP contribution in [0.4, 0.5) is 14.5 Å². The molecule has 136 valence electrons. The van der Waals surface area contributed by atoms with Gasteiger partial charge >= 0.3 is 0 Å². The van der Waals surface area contributed by atoms with Crippen LogP contribution in [0.1, 0.15) is 37.3 Å². The number of hydrogen-bond acceptors (Lipinski definition) is 3. The summed E-state index contributed by atoms with van der Waals surface area (Å²) in [6.07, 6.45) is 3.65. The molecule has 25 heavy (non-hydrogen) atoms.